The van der Waals surface area contributed by atoms with Crippen LogP contribution in [0.1, 0.15) is 21.5 Å². The summed E-state index contributed by atoms with van der Waals surface area (Å²) in [6.07, 6.45) is 2.26. The van der Waals surface area contributed by atoms with Crippen LogP contribution in [0.25, 0.3) is 0 Å². The van der Waals surface area contributed by atoms with E-state index in [1.165, 1.54) is 12.1 Å². The van der Waals surface area contributed by atoms with Crippen LogP contribution in [-0.4, -0.2) is 12.0 Å². The van der Waals surface area contributed by atoms with Crippen LogP contribution < -0.4 is 0 Å². The molecular weight excluding hydrogens is 259 g/mol. The molecule has 98 valence electrons. The number of carbonyl (C=O) groups excluding carboxylic acids is 1. The molecule has 19 heavy (non-hydrogen) atoms. The van der Waals surface area contributed by atoms with E-state index in [1.807, 2.05) is 37.4 Å². The molecule has 0 amide bonds. The molecular formula is C16H15FOS. The van der Waals surface area contributed by atoms with Crippen molar-refractivity contribution in [1.82, 2.24) is 0 Å². The van der Waals surface area contributed by atoms with Gasteiger partial charge < -0.3 is 0 Å². The van der Waals surface area contributed by atoms with Gasteiger partial charge in [-0.05, 0) is 42.5 Å². The second-order valence-corrected chi connectivity index (χ2v) is 5.22. The Kier molecular flexibility index (Phi) is 4.38. The first-order valence-corrected chi connectivity index (χ1v) is 7.25. The van der Waals surface area contributed by atoms with Crippen LogP contribution in [0.5, 0.6) is 0 Å². The summed E-state index contributed by atoms with van der Waals surface area (Å²) in [4.78, 5) is 13.3. The lowest BCUT2D eigenvalue weighted by Gasteiger charge is -2.08. The van der Waals surface area contributed by atoms with Gasteiger partial charge in [-0.25, -0.2) is 4.39 Å². The molecule has 0 aromatic heterocycles. The monoisotopic (exact) mass is 274 g/mol. The summed E-state index contributed by atoms with van der Waals surface area (Å²) in [7, 11) is 0. The normalized spacial score (nSPS) is 10.5. The first-order valence-electron chi connectivity index (χ1n) is 6.03. The van der Waals surface area contributed by atoms with Crippen molar-refractivity contribution in [1.29, 1.82) is 0 Å². The van der Waals surface area contributed by atoms with Crippen molar-refractivity contribution < 1.29 is 9.18 Å². The van der Waals surface area contributed by atoms with E-state index in [9.17, 15) is 9.18 Å². The van der Waals surface area contributed by atoms with Gasteiger partial charge in [0.2, 0.25) is 0 Å². The predicted molar refractivity (Wildman–Crippen MR) is 77.4 cm³/mol. The molecule has 0 heterocycles. The number of rotatable bonds is 4. The van der Waals surface area contributed by atoms with Gasteiger partial charge in [-0.1, -0.05) is 24.3 Å². The van der Waals surface area contributed by atoms with Crippen LogP contribution in [0.3, 0.4) is 0 Å². The maximum atomic E-state index is 13.0. The van der Waals surface area contributed by atoms with Gasteiger partial charge in [-0.3, -0.25) is 4.79 Å². The fourth-order valence-corrected chi connectivity index (χ4v) is 2.62. The van der Waals surface area contributed by atoms with E-state index in [-0.39, 0.29) is 11.6 Å². The minimum atomic E-state index is -0.266. The molecule has 0 radical (unpaired) electrons. The predicted octanol–water partition coefficient (Wildman–Crippen LogP) is 4.28. The summed E-state index contributed by atoms with van der Waals surface area (Å²) in [5, 5.41) is 0. The first kappa shape index (κ1) is 13.8. The van der Waals surface area contributed by atoms with Crippen molar-refractivity contribution >= 4 is 17.5 Å². The van der Waals surface area contributed by atoms with E-state index in [0.29, 0.717) is 6.42 Å². The Morgan fingerprint density at radius 2 is 1.95 bits per heavy atom. The van der Waals surface area contributed by atoms with Crippen molar-refractivity contribution in [3.05, 3.63) is 65.0 Å². The SMILES string of the molecule is CSc1ccccc1C(=O)Cc1ccc(F)cc1C. The molecule has 0 atom stereocenters. The Morgan fingerprint density at radius 3 is 2.63 bits per heavy atom. The fraction of sp³-hybridized carbons (Fsp3) is 0.188. The zero-order valence-corrected chi connectivity index (χ0v) is 11.8. The molecule has 0 saturated carbocycles. The second kappa shape index (κ2) is 6.02. The number of thioether (sulfide) groups is 1. The lowest BCUT2D eigenvalue weighted by Crippen LogP contribution is -2.06. The highest BCUT2D eigenvalue weighted by Crippen LogP contribution is 2.22. The van der Waals surface area contributed by atoms with Crippen LogP contribution >= 0.6 is 11.8 Å². The van der Waals surface area contributed by atoms with Gasteiger partial charge in [0.25, 0.3) is 0 Å². The van der Waals surface area contributed by atoms with Crippen LogP contribution in [0, 0.1) is 12.7 Å². The molecule has 0 fully saturated rings. The number of Topliss-reactive ketones (excluding diaryl/α,β-unsaturated/α-hetero) is 1. The number of ketones is 1. The summed E-state index contributed by atoms with van der Waals surface area (Å²) in [6, 6.07) is 12.1. The molecule has 0 unspecified atom stereocenters. The summed E-state index contributed by atoms with van der Waals surface area (Å²) in [5.41, 5.74) is 2.43. The summed E-state index contributed by atoms with van der Waals surface area (Å²) >= 11 is 1.56. The van der Waals surface area contributed by atoms with E-state index in [2.05, 4.69) is 0 Å². The van der Waals surface area contributed by atoms with Crippen molar-refractivity contribution in [2.24, 2.45) is 0 Å². The van der Waals surface area contributed by atoms with Crippen molar-refractivity contribution in [2.75, 3.05) is 6.26 Å². The third-order valence-electron chi connectivity index (χ3n) is 3.06. The van der Waals surface area contributed by atoms with Gasteiger partial charge in [-0.2, -0.15) is 0 Å². The van der Waals surface area contributed by atoms with Crippen molar-refractivity contribution in [2.45, 2.75) is 18.2 Å². The molecule has 0 spiro atoms. The second-order valence-electron chi connectivity index (χ2n) is 4.37. The molecule has 0 aliphatic carbocycles. The Morgan fingerprint density at radius 1 is 1.21 bits per heavy atom. The highest BCUT2D eigenvalue weighted by atomic mass is 32.2. The summed E-state index contributed by atoms with van der Waals surface area (Å²) in [6.45, 7) is 1.83. The van der Waals surface area contributed by atoms with E-state index in [1.54, 1.807) is 17.8 Å². The number of halogens is 1. The third kappa shape index (κ3) is 3.24. The maximum Gasteiger partial charge on any atom is 0.168 e. The quantitative estimate of drug-likeness (QED) is 0.611. The molecule has 0 bridgehead atoms. The maximum absolute atomic E-state index is 13.0. The van der Waals surface area contributed by atoms with Crippen LogP contribution in [-0.2, 0) is 6.42 Å². The van der Waals surface area contributed by atoms with E-state index in [4.69, 9.17) is 0 Å². The molecule has 3 heteroatoms. The third-order valence-corrected chi connectivity index (χ3v) is 3.86. The largest absolute Gasteiger partial charge is 0.294 e. The van der Waals surface area contributed by atoms with E-state index in [0.717, 1.165) is 21.6 Å². The Balaban J connectivity index is 2.26. The van der Waals surface area contributed by atoms with Gasteiger partial charge in [0.05, 0.1) is 0 Å². The molecule has 0 N–H and O–H groups in total. The lowest BCUT2D eigenvalue weighted by atomic mass is 9.99. The zero-order valence-electron chi connectivity index (χ0n) is 10.9. The number of carbonyl (C=O) groups is 1. The standard InChI is InChI=1S/C16H15FOS/c1-11-9-13(17)8-7-12(11)10-15(18)14-5-3-4-6-16(14)19-2/h3-9H,10H2,1-2H3. The first-order chi connectivity index (χ1) is 9.11. The molecule has 2 aromatic rings. The lowest BCUT2D eigenvalue weighted by molar-refractivity contribution is 0.0990. The number of hydrogen-bond acceptors (Lipinski definition) is 2. The smallest absolute Gasteiger partial charge is 0.168 e. The topological polar surface area (TPSA) is 17.1 Å². The summed E-state index contributed by atoms with van der Waals surface area (Å²) < 4.78 is 13.0. The molecule has 2 aromatic carbocycles. The zero-order chi connectivity index (χ0) is 13.8. The molecule has 1 nitrogen and oxygen atoms in total. The van der Waals surface area contributed by atoms with Gasteiger partial charge in [0.15, 0.2) is 5.78 Å². The molecule has 0 saturated heterocycles. The summed E-state index contributed by atoms with van der Waals surface area (Å²) in [5.74, 6) is -0.196. The molecule has 0 aliphatic heterocycles. The highest BCUT2D eigenvalue weighted by Gasteiger charge is 2.12. The van der Waals surface area contributed by atoms with Crippen LogP contribution in [0.2, 0.25) is 0 Å². The van der Waals surface area contributed by atoms with Crippen molar-refractivity contribution in [3.63, 3.8) is 0 Å². The average Bonchev–Trinajstić information content (AvgIpc) is 2.41. The minimum Gasteiger partial charge on any atom is -0.294 e. The Bertz CT molecular complexity index is 607. The number of benzene rings is 2. The van der Waals surface area contributed by atoms with Gasteiger partial charge in [-0.15, -0.1) is 11.8 Å². The average molecular weight is 274 g/mol. The molecule has 2 rings (SSSR count). The van der Waals surface area contributed by atoms with Crippen molar-refractivity contribution in [3.8, 4) is 0 Å². The van der Waals surface area contributed by atoms with Gasteiger partial charge >= 0.3 is 0 Å². The minimum absolute atomic E-state index is 0.0691. The Hall–Kier alpha value is -1.61. The number of hydrogen-bond donors (Lipinski definition) is 0. The highest BCUT2D eigenvalue weighted by molar-refractivity contribution is 7.98. The number of aryl methyl sites for hydroxylation is 1. The van der Waals surface area contributed by atoms with E-state index < -0.39 is 0 Å². The van der Waals surface area contributed by atoms with Gasteiger partial charge in [0.1, 0.15) is 5.82 Å². The van der Waals surface area contributed by atoms with E-state index >= 15 is 0 Å². The van der Waals surface area contributed by atoms with Crippen LogP contribution in [0.15, 0.2) is 47.4 Å². The Labute approximate surface area is 116 Å². The fourth-order valence-electron chi connectivity index (χ4n) is 2.00. The van der Waals surface area contributed by atoms with Gasteiger partial charge in [0, 0.05) is 16.9 Å². The van der Waals surface area contributed by atoms with Crippen LogP contribution in [0.4, 0.5) is 4.39 Å². The molecule has 0 aliphatic rings.